The quantitative estimate of drug-likeness (QED) is 0.804. The van der Waals surface area contributed by atoms with Crippen molar-refractivity contribution in [2.45, 2.75) is 18.4 Å². The lowest BCUT2D eigenvalue weighted by Gasteiger charge is -2.07. The average Bonchev–Trinajstić information content (AvgIpc) is 2.86. The molecule has 2 heterocycles. The summed E-state index contributed by atoms with van der Waals surface area (Å²) >= 11 is 0. The zero-order valence-electron chi connectivity index (χ0n) is 11.8. The van der Waals surface area contributed by atoms with Crippen molar-refractivity contribution in [2.75, 3.05) is 4.72 Å². The molecule has 7 heteroatoms. The third kappa shape index (κ3) is 2.55. The molecule has 5 nitrogen and oxygen atoms in total. The van der Waals surface area contributed by atoms with Gasteiger partial charge in [0.15, 0.2) is 0 Å². The highest BCUT2D eigenvalue weighted by Gasteiger charge is 2.21. The maximum absolute atomic E-state index is 13.2. The van der Waals surface area contributed by atoms with E-state index in [-0.39, 0.29) is 10.6 Å². The molecule has 0 aliphatic heterocycles. The predicted molar refractivity (Wildman–Crippen MR) is 82.6 cm³/mol. The van der Waals surface area contributed by atoms with E-state index in [2.05, 4.69) is 9.71 Å². The van der Waals surface area contributed by atoms with Crippen LogP contribution in [0.15, 0.2) is 53.7 Å². The van der Waals surface area contributed by atoms with Crippen LogP contribution in [-0.4, -0.2) is 18.0 Å². The highest BCUT2D eigenvalue weighted by atomic mass is 32.2. The van der Waals surface area contributed by atoms with E-state index in [9.17, 15) is 12.8 Å². The van der Waals surface area contributed by atoms with Crippen LogP contribution in [0.2, 0.25) is 0 Å². The van der Waals surface area contributed by atoms with Gasteiger partial charge in [0.2, 0.25) is 0 Å². The second-order valence-electron chi connectivity index (χ2n) is 4.77. The van der Waals surface area contributed by atoms with E-state index in [1.807, 2.05) is 6.92 Å². The molecule has 0 saturated carbocycles. The number of hydrogen-bond acceptors (Lipinski definition) is 3. The van der Waals surface area contributed by atoms with Crippen molar-refractivity contribution in [1.82, 2.24) is 9.55 Å². The van der Waals surface area contributed by atoms with Gasteiger partial charge in [-0.1, -0.05) is 6.07 Å². The molecule has 0 aliphatic rings. The number of halogens is 1. The number of nitrogens with zero attached hydrogens (tertiary/aromatic N) is 2. The third-order valence-electron chi connectivity index (χ3n) is 3.30. The van der Waals surface area contributed by atoms with Crippen LogP contribution in [0.4, 0.5) is 10.1 Å². The Hall–Kier alpha value is -2.41. The summed E-state index contributed by atoms with van der Waals surface area (Å²) < 4.78 is 42.5. The van der Waals surface area contributed by atoms with Crippen molar-refractivity contribution in [2.24, 2.45) is 0 Å². The highest BCUT2D eigenvalue weighted by Crippen LogP contribution is 2.26. The van der Waals surface area contributed by atoms with E-state index in [1.165, 1.54) is 18.2 Å². The van der Waals surface area contributed by atoms with Crippen molar-refractivity contribution in [1.29, 1.82) is 0 Å². The maximum atomic E-state index is 13.2. The molecule has 0 unspecified atom stereocenters. The largest absolute Gasteiger partial charge is 0.331 e. The number of fused-ring (bicyclic) bond motifs is 1. The first-order valence-electron chi connectivity index (χ1n) is 6.73. The molecule has 0 fully saturated rings. The van der Waals surface area contributed by atoms with Crippen LogP contribution in [0.5, 0.6) is 0 Å². The van der Waals surface area contributed by atoms with Gasteiger partial charge in [0.1, 0.15) is 16.4 Å². The van der Waals surface area contributed by atoms with E-state index in [1.54, 1.807) is 29.1 Å². The summed E-state index contributed by atoms with van der Waals surface area (Å²) in [6, 6.07) is 8.72. The molecule has 0 saturated heterocycles. The van der Waals surface area contributed by atoms with E-state index in [4.69, 9.17) is 0 Å². The van der Waals surface area contributed by atoms with Crippen molar-refractivity contribution < 1.29 is 12.8 Å². The van der Waals surface area contributed by atoms with Crippen LogP contribution in [0.3, 0.4) is 0 Å². The number of aryl methyl sites for hydroxylation is 1. The summed E-state index contributed by atoms with van der Waals surface area (Å²) in [5.74, 6) is -0.502. The first-order chi connectivity index (χ1) is 10.5. The Morgan fingerprint density at radius 2 is 2.09 bits per heavy atom. The molecular formula is C15H14FN3O2S. The van der Waals surface area contributed by atoms with Crippen LogP contribution in [0, 0.1) is 5.82 Å². The van der Waals surface area contributed by atoms with Crippen LogP contribution < -0.4 is 4.72 Å². The summed E-state index contributed by atoms with van der Waals surface area (Å²) in [4.78, 5) is 4.34. The Labute approximate surface area is 127 Å². The number of anilines is 1. The summed E-state index contributed by atoms with van der Waals surface area (Å²) in [6.45, 7) is 2.51. The van der Waals surface area contributed by atoms with Gasteiger partial charge in [-0.25, -0.2) is 17.8 Å². The number of benzene rings is 1. The Morgan fingerprint density at radius 1 is 1.27 bits per heavy atom. The SMILES string of the molecule is CCn1cc(S(=O)(=O)Nc2cccc(F)c2)c2cccnc21. The zero-order valence-corrected chi connectivity index (χ0v) is 12.6. The molecule has 0 bridgehead atoms. The van der Waals surface area contributed by atoms with Gasteiger partial charge < -0.3 is 4.57 Å². The number of rotatable bonds is 4. The van der Waals surface area contributed by atoms with Gasteiger partial charge in [-0.15, -0.1) is 0 Å². The lowest BCUT2D eigenvalue weighted by Crippen LogP contribution is -2.12. The van der Waals surface area contributed by atoms with Gasteiger partial charge in [0.25, 0.3) is 10.0 Å². The minimum atomic E-state index is -3.82. The van der Waals surface area contributed by atoms with Gasteiger partial charge in [0, 0.05) is 24.3 Å². The zero-order chi connectivity index (χ0) is 15.7. The Kier molecular flexibility index (Phi) is 3.58. The Morgan fingerprint density at radius 3 is 2.82 bits per heavy atom. The molecule has 2 aromatic heterocycles. The van der Waals surface area contributed by atoms with Gasteiger partial charge in [-0.3, -0.25) is 4.72 Å². The molecule has 0 spiro atoms. The molecule has 114 valence electrons. The molecule has 0 radical (unpaired) electrons. The topological polar surface area (TPSA) is 64.0 Å². The van der Waals surface area contributed by atoms with E-state index in [0.717, 1.165) is 6.07 Å². The van der Waals surface area contributed by atoms with Crippen LogP contribution in [-0.2, 0) is 16.6 Å². The minimum absolute atomic E-state index is 0.127. The van der Waals surface area contributed by atoms with Crippen LogP contribution in [0.1, 0.15) is 6.92 Å². The molecular weight excluding hydrogens is 305 g/mol. The summed E-state index contributed by atoms with van der Waals surface area (Å²) in [5.41, 5.74) is 0.783. The summed E-state index contributed by atoms with van der Waals surface area (Å²) in [7, 11) is -3.82. The number of aromatic nitrogens is 2. The van der Waals surface area contributed by atoms with Crippen molar-refractivity contribution >= 4 is 26.7 Å². The van der Waals surface area contributed by atoms with Gasteiger partial charge >= 0.3 is 0 Å². The molecule has 1 N–H and O–H groups in total. The standard InChI is InChI=1S/C15H14FN3O2S/c1-2-19-10-14(13-7-4-8-17-15(13)19)22(20,21)18-12-6-3-5-11(16)9-12/h3-10,18H,2H2,1H3. The van der Waals surface area contributed by atoms with E-state index >= 15 is 0 Å². The molecule has 0 aliphatic carbocycles. The smallest absolute Gasteiger partial charge is 0.264 e. The lowest BCUT2D eigenvalue weighted by atomic mass is 10.3. The molecule has 22 heavy (non-hydrogen) atoms. The molecule has 3 rings (SSSR count). The first-order valence-corrected chi connectivity index (χ1v) is 8.22. The number of sulfonamides is 1. The molecule has 0 atom stereocenters. The normalized spacial score (nSPS) is 11.7. The van der Waals surface area contributed by atoms with Crippen molar-refractivity contribution in [3.8, 4) is 0 Å². The maximum Gasteiger partial charge on any atom is 0.264 e. The van der Waals surface area contributed by atoms with Gasteiger partial charge in [-0.2, -0.15) is 0 Å². The summed E-state index contributed by atoms with van der Waals surface area (Å²) in [5, 5.41) is 0.535. The fourth-order valence-corrected chi connectivity index (χ4v) is 3.57. The highest BCUT2D eigenvalue weighted by molar-refractivity contribution is 7.93. The van der Waals surface area contributed by atoms with Crippen LogP contribution in [0.25, 0.3) is 11.0 Å². The predicted octanol–water partition coefficient (Wildman–Crippen LogP) is 3.00. The van der Waals surface area contributed by atoms with Gasteiger partial charge in [-0.05, 0) is 37.3 Å². The fraction of sp³-hybridized carbons (Fsp3) is 0.133. The third-order valence-corrected chi connectivity index (χ3v) is 4.71. The lowest BCUT2D eigenvalue weighted by molar-refractivity contribution is 0.601. The Bertz CT molecular complexity index is 935. The number of pyridine rings is 1. The Balaban J connectivity index is 2.10. The molecule has 3 aromatic rings. The fourth-order valence-electron chi connectivity index (χ4n) is 2.31. The average molecular weight is 319 g/mol. The van der Waals surface area contributed by atoms with E-state index < -0.39 is 15.8 Å². The van der Waals surface area contributed by atoms with Crippen molar-refractivity contribution in [3.63, 3.8) is 0 Å². The monoisotopic (exact) mass is 319 g/mol. The first kappa shape index (κ1) is 14.5. The summed E-state index contributed by atoms with van der Waals surface area (Å²) in [6.07, 6.45) is 3.16. The van der Waals surface area contributed by atoms with Crippen LogP contribution >= 0.6 is 0 Å². The second kappa shape index (κ2) is 5.42. The minimum Gasteiger partial charge on any atom is -0.331 e. The number of nitrogens with one attached hydrogen (secondary N) is 1. The molecule has 0 amide bonds. The second-order valence-corrected chi connectivity index (χ2v) is 6.42. The van der Waals surface area contributed by atoms with E-state index in [0.29, 0.717) is 17.6 Å². The van der Waals surface area contributed by atoms with Crippen molar-refractivity contribution in [3.05, 3.63) is 54.6 Å². The molecule has 1 aromatic carbocycles. The number of hydrogen-bond donors (Lipinski definition) is 1. The van der Waals surface area contributed by atoms with Gasteiger partial charge in [0.05, 0.1) is 5.69 Å².